The number of amides is 1. The monoisotopic (exact) mass is 319 g/mol. The largest absolute Gasteiger partial charge is 0.416 e. The number of carbonyl (C=O) groups excluding carboxylic acids is 1. The predicted octanol–water partition coefficient (Wildman–Crippen LogP) is 4.46. The molecular formula is C18H16F3NO. The molecule has 23 heavy (non-hydrogen) atoms. The van der Waals surface area contributed by atoms with E-state index in [9.17, 15) is 18.0 Å². The quantitative estimate of drug-likeness (QED) is 0.800. The van der Waals surface area contributed by atoms with Crippen LogP contribution in [-0.4, -0.2) is 17.9 Å². The van der Waals surface area contributed by atoms with Crippen molar-refractivity contribution in [2.75, 3.05) is 7.05 Å². The van der Waals surface area contributed by atoms with Crippen molar-refractivity contribution in [2.24, 2.45) is 0 Å². The van der Waals surface area contributed by atoms with Crippen LogP contribution in [0.25, 0.3) is 0 Å². The van der Waals surface area contributed by atoms with E-state index >= 15 is 0 Å². The van der Waals surface area contributed by atoms with Gasteiger partial charge in [0, 0.05) is 12.6 Å². The molecule has 2 aromatic rings. The summed E-state index contributed by atoms with van der Waals surface area (Å²) >= 11 is 0. The molecule has 0 saturated heterocycles. The molecule has 0 fully saturated rings. The molecule has 0 spiro atoms. The molecule has 1 aliphatic rings. The van der Waals surface area contributed by atoms with Crippen molar-refractivity contribution < 1.29 is 18.0 Å². The fourth-order valence-electron chi connectivity index (χ4n) is 3.08. The van der Waals surface area contributed by atoms with Crippen LogP contribution < -0.4 is 0 Å². The molecule has 120 valence electrons. The van der Waals surface area contributed by atoms with Crippen molar-refractivity contribution in [3.63, 3.8) is 0 Å². The molecule has 0 saturated carbocycles. The Balaban J connectivity index is 1.81. The van der Waals surface area contributed by atoms with E-state index < -0.39 is 11.7 Å². The fourth-order valence-corrected chi connectivity index (χ4v) is 3.08. The second kappa shape index (κ2) is 5.72. The molecule has 5 heteroatoms. The van der Waals surface area contributed by atoms with Crippen molar-refractivity contribution in [1.82, 2.24) is 4.90 Å². The van der Waals surface area contributed by atoms with Gasteiger partial charge < -0.3 is 4.90 Å². The minimum Gasteiger partial charge on any atom is -0.335 e. The van der Waals surface area contributed by atoms with Gasteiger partial charge in [-0.05, 0) is 48.2 Å². The number of fused-ring (bicyclic) bond motifs is 1. The van der Waals surface area contributed by atoms with Crippen molar-refractivity contribution >= 4 is 5.91 Å². The number of halogens is 3. The van der Waals surface area contributed by atoms with E-state index in [-0.39, 0.29) is 17.5 Å². The summed E-state index contributed by atoms with van der Waals surface area (Å²) in [5.74, 6) is -0.263. The zero-order valence-electron chi connectivity index (χ0n) is 12.6. The summed E-state index contributed by atoms with van der Waals surface area (Å²) in [6.07, 6.45) is -2.65. The smallest absolute Gasteiger partial charge is 0.335 e. The van der Waals surface area contributed by atoms with Crippen LogP contribution in [0, 0.1) is 0 Å². The number of benzene rings is 2. The minimum absolute atomic E-state index is 0.0269. The maximum atomic E-state index is 12.6. The molecule has 0 radical (unpaired) electrons. The summed E-state index contributed by atoms with van der Waals surface area (Å²) in [7, 11) is 1.70. The van der Waals surface area contributed by atoms with Crippen molar-refractivity contribution in [3.8, 4) is 0 Å². The number of carbonyl (C=O) groups is 1. The van der Waals surface area contributed by atoms with Gasteiger partial charge in [0.15, 0.2) is 0 Å². The second-order valence-electron chi connectivity index (χ2n) is 5.74. The minimum atomic E-state index is -4.39. The van der Waals surface area contributed by atoms with E-state index in [0.29, 0.717) is 0 Å². The van der Waals surface area contributed by atoms with E-state index in [1.165, 1.54) is 17.7 Å². The van der Waals surface area contributed by atoms with Crippen molar-refractivity contribution in [2.45, 2.75) is 25.1 Å². The zero-order valence-corrected chi connectivity index (χ0v) is 12.6. The third kappa shape index (κ3) is 2.96. The van der Waals surface area contributed by atoms with Gasteiger partial charge in [0.05, 0.1) is 11.6 Å². The van der Waals surface area contributed by atoms with Gasteiger partial charge in [-0.15, -0.1) is 0 Å². The standard InChI is InChI=1S/C18H16F3NO/c1-22(16-11-8-12-4-2-3-5-15(12)16)17(23)13-6-9-14(10-7-13)18(19,20)21/h2-7,9-10,16H,8,11H2,1H3/t16-/m0/s1. The van der Waals surface area contributed by atoms with Crippen molar-refractivity contribution in [3.05, 3.63) is 70.8 Å². The molecule has 0 heterocycles. The highest BCUT2D eigenvalue weighted by Gasteiger charge is 2.31. The molecule has 0 bridgehead atoms. The van der Waals surface area contributed by atoms with Crippen LogP contribution >= 0.6 is 0 Å². The van der Waals surface area contributed by atoms with Gasteiger partial charge in [-0.1, -0.05) is 24.3 Å². The predicted molar refractivity (Wildman–Crippen MR) is 81.0 cm³/mol. The van der Waals surface area contributed by atoms with E-state index in [1.807, 2.05) is 24.3 Å². The third-order valence-electron chi connectivity index (χ3n) is 4.35. The molecule has 0 aromatic heterocycles. The van der Waals surface area contributed by atoms with Gasteiger partial charge in [0.1, 0.15) is 0 Å². The number of alkyl halides is 3. The Hall–Kier alpha value is -2.30. The third-order valence-corrected chi connectivity index (χ3v) is 4.35. The van der Waals surface area contributed by atoms with E-state index in [1.54, 1.807) is 11.9 Å². The topological polar surface area (TPSA) is 20.3 Å². The lowest BCUT2D eigenvalue weighted by atomic mass is 10.1. The normalized spacial score (nSPS) is 17.0. The molecule has 1 aliphatic carbocycles. The van der Waals surface area contributed by atoms with Gasteiger partial charge in [0.25, 0.3) is 5.91 Å². The first-order valence-electron chi connectivity index (χ1n) is 7.40. The molecular weight excluding hydrogens is 303 g/mol. The first kappa shape index (κ1) is 15.6. The number of hydrogen-bond acceptors (Lipinski definition) is 1. The Labute approximate surface area is 132 Å². The zero-order chi connectivity index (χ0) is 16.6. The second-order valence-corrected chi connectivity index (χ2v) is 5.74. The summed E-state index contributed by atoms with van der Waals surface area (Å²) < 4.78 is 37.8. The summed E-state index contributed by atoms with van der Waals surface area (Å²) in [5.41, 5.74) is 1.87. The summed E-state index contributed by atoms with van der Waals surface area (Å²) in [6.45, 7) is 0. The maximum absolute atomic E-state index is 12.6. The fraction of sp³-hybridized carbons (Fsp3) is 0.278. The van der Waals surface area contributed by atoms with Gasteiger partial charge in [-0.3, -0.25) is 4.79 Å². The highest BCUT2D eigenvalue weighted by atomic mass is 19.4. The van der Waals surface area contributed by atoms with Crippen LogP contribution in [0.15, 0.2) is 48.5 Å². The lowest BCUT2D eigenvalue weighted by molar-refractivity contribution is -0.137. The molecule has 0 unspecified atom stereocenters. The highest BCUT2D eigenvalue weighted by molar-refractivity contribution is 5.94. The Bertz CT molecular complexity index is 722. The molecule has 0 N–H and O–H groups in total. The summed E-state index contributed by atoms with van der Waals surface area (Å²) in [5, 5.41) is 0. The van der Waals surface area contributed by atoms with E-state index in [2.05, 4.69) is 0 Å². The molecule has 1 amide bonds. The first-order valence-corrected chi connectivity index (χ1v) is 7.40. The molecule has 1 atom stereocenters. The molecule has 2 aromatic carbocycles. The van der Waals surface area contributed by atoms with E-state index in [0.717, 1.165) is 30.5 Å². The lowest BCUT2D eigenvalue weighted by Gasteiger charge is -2.25. The highest BCUT2D eigenvalue weighted by Crippen LogP contribution is 2.35. The van der Waals surface area contributed by atoms with Gasteiger partial charge in [-0.25, -0.2) is 0 Å². The number of aryl methyl sites for hydroxylation is 1. The SMILES string of the molecule is CN(C(=O)c1ccc(C(F)(F)F)cc1)[C@H]1CCc2ccccc21. The summed E-state index contributed by atoms with van der Waals surface area (Å²) in [6, 6.07) is 12.3. The van der Waals surface area contributed by atoms with Crippen molar-refractivity contribution in [1.29, 1.82) is 0 Å². The number of hydrogen-bond donors (Lipinski definition) is 0. The average Bonchev–Trinajstić information content (AvgIpc) is 2.97. The molecule has 3 rings (SSSR count). The van der Waals surface area contributed by atoms with Crippen LogP contribution in [0.3, 0.4) is 0 Å². The Morgan fingerprint density at radius 2 is 1.74 bits per heavy atom. The Morgan fingerprint density at radius 3 is 2.39 bits per heavy atom. The van der Waals surface area contributed by atoms with Gasteiger partial charge in [-0.2, -0.15) is 13.2 Å². The molecule has 0 aliphatic heterocycles. The van der Waals surface area contributed by atoms with Crippen LogP contribution in [0.5, 0.6) is 0 Å². The maximum Gasteiger partial charge on any atom is 0.416 e. The molecule has 2 nitrogen and oxygen atoms in total. The van der Waals surface area contributed by atoms with E-state index in [4.69, 9.17) is 0 Å². The first-order chi connectivity index (χ1) is 10.9. The van der Waals surface area contributed by atoms with Gasteiger partial charge >= 0.3 is 6.18 Å². The van der Waals surface area contributed by atoms with Crippen LogP contribution in [0.1, 0.15) is 39.5 Å². The van der Waals surface area contributed by atoms with Crippen LogP contribution in [-0.2, 0) is 12.6 Å². The Kier molecular flexibility index (Phi) is 3.88. The summed E-state index contributed by atoms with van der Waals surface area (Å²) in [4.78, 5) is 14.2. The Morgan fingerprint density at radius 1 is 1.09 bits per heavy atom. The number of rotatable bonds is 2. The van der Waals surface area contributed by atoms with Crippen LogP contribution in [0.4, 0.5) is 13.2 Å². The van der Waals surface area contributed by atoms with Crippen LogP contribution in [0.2, 0.25) is 0 Å². The van der Waals surface area contributed by atoms with Gasteiger partial charge in [0.2, 0.25) is 0 Å². The lowest BCUT2D eigenvalue weighted by Crippen LogP contribution is -2.30. The average molecular weight is 319 g/mol. The number of nitrogens with zero attached hydrogens (tertiary/aromatic N) is 1.